The van der Waals surface area contributed by atoms with Gasteiger partial charge in [-0.3, -0.25) is 19.3 Å². The summed E-state index contributed by atoms with van der Waals surface area (Å²) in [7, 11) is -3.79. The number of aromatic nitrogens is 2. The number of carbonyl (C=O) groups excluding carboxylic acids is 2. The van der Waals surface area contributed by atoms with Crippen LogP contribution >= 0.6 is 11.3 Å². The minimum Gasteiger partial charge on any atom is -0.335 e. The number of pyridine rings is 1. The lowest BCUT2D eigenvalue weighted by Crippen LogP contribution is -2.50. The zero-order valence-electron chi connectivity index (χ0n) is 18.8. The second kappa shape index (κ2) is 9.59. The van der Waals surface area contributed by atoms with Gasteiger partial charge >= 0.3 is 0 Å². The number of carbonyl (C=O) groups is 2. The van der Waals surface area contributed by atoms with Crippen LogP contribution in [0.15, 0.2) is 53.5 Å². The van der Waals surface area contributed by atoms with Crippen molar-refractivity contribution in [1.29, 1.82) is 0 Å². The van der Waals surface area contributed by atoms with Crippen LogP contribution in [0.1, 0.15) is 33.7 Å². The lowest BCUT2D eigenvalue weighted by atomic mass is 10.1. The molecule has 1 fully saturated rings. The monoisotopic (exact) mass is 509 g/mol. The van der Waals surface area contributed by atoms with E-state index in [4.69, 9.17) is 0 Å². The summed E-state index contributed by atoms with van der Waals surface area (Å²) in [6.07, 6.45) is 4.58. The van der Waals surface area contributed by atoms with E-state index in [1.165, 1.54) is 11.3 Å². The van der Waals surface area contributed by atoms with Crippen molar-refractivity contribution in [3.8, 4) is 0 Å². The van der Waals surface area contributed by atoms with Crippen molar-refractivity contribution in [2.45, 2.75) is 12.8 Å². The molecule has 0 spiro atoms. The first-order valence-electron chi connectivity index (χ1n) is 11.2. The molecule has 1 saturated heterocycles. The lowest BCUT2D eigenvalue weighted by molar-refractivity contribution is 0.0533. The van der Waals surface area contributed by atoms with Gasteiger partial charge in [-0.25, -0.2) is 13.4 Å². The van der Waals surface area contributed by atoms with E-state index < -0.39 is 10.0 Å². The summed E-state index contributed by atoms with van der Waals surface area (Å²) in [6.45, 7) is 1.72. The summed E-state index contributed by atoms with van der Waals surface area (Å²) in [5.41, 5.74) is 2.88. The van der Waals surface area contributed by atoms with Crippen LogP contribution in [-0.4, -0.2) is 66.2 Å². The van der Waals surface area contributed by atoms with Gasteiger partial charge in [0.25, 0.3) is 21.8 Å². The number of thiazole rings is 1. The second-order valence-electron chi connectivity index (χ2n) is 8.25. The molecule has 0 saturated carbocycles. The fourth-order valence-corrected chi connectivity index (χ4v) is 6.13. The maximum atomic E-state index is 13.0. The Bertz CT molecular complexity index is 1480. The molecule has 2 amide bonds. The van der Waals surface area contributed by atoms with Crippen LogP contribution in [-0.2, 0) is 10.0 Å². The number of sulfonamides is 1. The van der Waals surface area contributed by atoms with Crippen LogP contribution in [0.4, 0.5) is 5.69 Å². The fourth-order valence-electron chi connectivity index (χ4n) is 4.23. The quantitative estimate of drug-likeness (QED) is 0.554. The van der Waals surface area contributed by atoms with Gasteiger partial charge in [-0.05, 0) is 48.4 Å². The summed E-state index contributed by atoms with van der Waals surface area (Å²) in [5, 5.41) is 3.01. The van der Waals surface area contributed by atoms with Gasteiger partial charge in [0.05, 0.1) is 15.8 Å². The molecule has 2 aliphatic rings. The first-order chi connectivity index (χ1) is 16.9. The molecular weight excluding hydrogens is 486 g/mol. The van der Waals surface area contributed by atoms with Crippen molar-refractivity contribution < 1.29 is 18.0 Å². The maximum absolute atomic E-state index is 13.0. The molecule has 0 bridgehead atoms. The lowest BCUT2D eigenvalue weighted by Gasteiger charge is -2.34. The van der Waals surface area contributed by atoms with E-state index in [1.54, 1.807) is 57.2 Å². The second-order valence-corrected chi connectivity index (χ2v) is 10.7. The number of hydrogen-bond donors (Lipinski definition) is 1. The van der Waals surface area contributed by atoms with E-state index in [0.717, 1.165) is 5.22 Å². The number of anilines is 1. The first kappa shape index (κ1) is 23.2. The fraction of sp³-hybridized carbons (Fsp3) is 0.250. The SMILES string of the molecule is O=C(c1ccc(NS(=O)(=O)C2=c3ncccc3=CCC2)cc1)N1CCN(C(=O)c2cscn2)CC1. The van der Waals surface area contributed by atoms with Crippen molar-refractivity contribution in [3.05, 3.63) is 75.3 Å². The summed E-state index contributed by atoms with van der Waals surface area (Å²) < 4.78 is 28.7. The van der Waals surface area contributed by atoms with Crippen LogP contribution in [0, 0.1) is 0 Å². The maximum Gasteiger partial charge on any atom is 0.273 e. The van der Waals surface area contributed by atoms with Crippen LogP contribution in [0.25, 0.3) is 11.0 Å². The highest BCUT2D eigenvalue weighted by molar-refractivity contribution is 8.01. The number of rotatable bonds is 5. The molecule has 1 N–H and O–H groups in total. The molecule has 0 unspecified atom stereocenters. The van der Waals surface area contributed by atoms with E-state index in [1.807, 2.05) is 12.1 Å². The van der Waals surface area contributed by atoms with Gasteiger partial charge in [-0.1, -0.05) is 12.1 Å². The normalized spacial score (nSPS) is 15.8. The largest absolute Gasteiger partial charge is 0.335 e. The average molecular weight is 510 g/mol. The van der Waals surface area contributed by atoms with Gasteiger partial charge in [0.15, 0.2) is 0 Å². The highest BCUT2D eigenvalue weighted by atomic mass is 32.2. The number of fused-ring (bicyclic) bond motifs is 1. The average Bonchev–Trinajstić information content (AvgIpc) is 3.43. The van der Waals surface area contributed by atoms with Crippen LogP contribution < -0.4 is 15.3 Å². The molecule has 0 atom stereocenters. The molecule has 1 aliphatic heterocycles. The Morgan fingerprint density at radius 3 is 2.34 bits per heavy atom. The Morgan fingerprint density at radius 1 is 0.943 bits per heavy atom. The van der Waals surface area contributed by atoms with E-state index in [2.05, 4.69) is 14.7 Å². The third kappa shape index (κ3) is 4.82. The van der Waals surface area contributed by atoms with Crippen LogP contribution in [0.3, 0.4) is 0 Å². The molecule has 9 nitrogen and oxygen atoms in total. The van der Waals surface area contributed by atoms with E-state index in [9.17, 15) is 18.0 Å². The summed E-state index contributed by atoms with van der Waals surface area (Å²) in [4.78, 5) is 37.4. The summed E-state index contributed by atoms with van der Waals surface area (Å²) >= 11 is 1.37. The summed E-state index contributed by atoms with van der Waals surface area (Å²) in [6, 6.07) is 10.0. The third-order valence-corrected chi connectivity index (χ3v) is 8.19. The molecule has 0 radical (unpaired) electrons. The van der Waals surface area contributed by atoms with E-state index in [0.29, 0.717) is 61.3 Å². The number of hydrogen-bond acceptors (Lipinski definition) is 7. The molecule has 5 rings (SSSR count). The van der Waals surface area contributed by atoms with Crippen molar-refractivity contribution >= 4 is 49.8 Å². The molecular formula is C24H23N5O4S2. The van der Waals surface area contributed by atoms with Crippen molar-refractivity contribution in [2.24, 2.45) is 0 Å². The van der Waals surface area contributed by atoms with Crippen molar-refractivity contribution in [3.63, 3.8) is 0 Å². The van der Waals surface area contributed by atoms with Gasteiger partial charge in [-0.15, -0.1) is 11.3 Å². The van der Waals surface area contributed by atoms with Gasteiger partial charge in [0.2, 0.25) is 0 Å². The van der Waals surface area contributed by atoms with E-state index in [-0.39, 0.29) is 16.7 Å². The first-order valence-corrected chi connectivity index (χ1v) is 13.6. The molecule has 3 heterocycles. The Labute approximate surface area is 206 Å². The molecule has 3 aromatic rings. The molecule has 35 heavy (non-hydrogen) atoms. The standard InChI is InChI=1S/C24H23N5O4S2/c30-23(28-11-13-29(14-12-28)24(31)20-15-34-16-26-20)18-6-8-19(9-7-18)27-35(32,33)21-5-1-3-17-4-2-10-25-22(17)21/h2-4,6-10,15-16,27H,1,5,11-14H2. The topological polar surface area (TPSA) is 113 Å². The minimum absolute atomic E-state index is 0.124. The van der Waals surface area contributed by atoms with Crippen LogP contribution in [0.2, 0.25) is 0 Å². The van der Waals surface area contributed by atoms with Crippen molar-refractivity contribution in [1.82, 2.24) is 19.8 Å². The number of piperazine rings is 1. The number of amides is 2. The number of nitrogens with one attached hydrogen (secondary N) is 1. The van der Waals surface area contributed by atoms with Gasteiger partial charge in [0.1, 0.15) is 5.69 Å². The smallest absolute Gasteiger partial charge is 0.273 e. The molecule has 180 valence electrons. The Hall–Kier alpha value is -3.57. The Morgan fingerprint density at radius 2 is 1.66 bits per heavy atom. The molecule has 1 aliphatic carbocycles. The Kier molecular flexibility index (Phi) is 6.35. The highest BCUT2D eigenvalue weighted by Crippen LogP contribution is 2.20. The highest BCUT2D eigenvalue weighted by Gasteiger charge is 2.26. The zero-order valence-corrected chi connectivity index (χ0v) is 20.4. The van der Waals surface area contributed by atoms with Gasteiger partial charge < -0.3 is 9.80 Å². The predicted molar refractivity (Wildman–Crippen MR) is 133 cm³/mol. The van der Waals surface area contributed by atoms with E-state index >= 15 is 0 Å². The Balaban J connectivity index is 1.25. The van der Waals surface area contributed by atoms with Gasteiger partial charge in [0, 0.05) is 49.0 Å². The predicted octanol–water partition coefficient (Wildman–Crippen LogP) is 1.26. The summed E-state index contributed by atoms with van der Waals surface area (Å²) in [5.74, 6) is -0.281. The zero-order chi connectivity index (χ0) is 24.4. The van der Waals surface area contributed by atoms with Crippen molar-refractivity contribution in [2.75, 3.05) is 30.9 Å². The number of benzene rings is 1. The molecule has 1 aromatic carbocycles. The number of nitrogens with zero attached hydrogens (tertiary/aromatic N) is 4. The van der Waals surface area contributed by atoms with Crippen LogP contribution in [0.5, 0.6) is 0 Å². The van der Waals surface area contributed by atoms with Gasteiger partial charge in [-0.2, -0.15) is 0 Å². The molecule has 11 heteroatoms. The third-order valence-electron chi connectivity index (χ3n) is 6.05. The molecule has 2 aromatic heterocycles. The minimum atomic E-state index is -3.79.